The highest BCUT2D eigenvalue weighted by Gasteiger charge is 2.40. The Balaban J connectivity index is 2.29. The van der Waals surface area contributed by atoms with Gasteiger partial charge in [-0.15, -0.1) is 0 Å². The number of aliphatic hydroxyl groups excluding tert-OH is 2. The topological polar surface area (TPSA) is 131 Å². The van der Waals surface area contributed by atoms with Crippen molar-refractivity contribution in [3.63, 3.8) is 0 Å². The minimum absolute atomic E-state index is 0.0174. The van der Waals surface area contributed by atoms with E-state index in [-0.39, 0.29) is 42.1 Å². The fourth-order valence-corrected chi connectivity index (χ4v) is 4.60. The van der Waals surface area contributed by atoms with E-state index in [4.69, 9.17) is 10.4 Å². The van der Waals surface area contributed by atoms with E-state index in [1.807, 2.05) is 12.2 Å². The molecule has 0 radical (unpaired) electrons. The quantitative estimate of drug-likeness (QED) is 0.124. The van der Waals surface area contributed by atoms with Gasteiger partial charge in [0.25, 0.3) is 0 Å². The monoisotopic (exact) mass is 486 g/mol. The fraction of sp³-hybridized carbons (Fsp3) is 0.840. The molecule has 9 nitrogen and oxygen atoms in total. The maximum Gasteiger partial charge on any atom is 0.222 e. The summed E-state index contributed by atoms with van der Waals surface area (Å²) in [6, 6.07) is 0. The first kappa shape index (κ1) is 30.7. The number of ketones is 1. The second-order valence-corrected chi connectivity index (χ2v) is 9.44. The van der Waals surface area contributed by atoms with E-state index >= 15 is 0 Å². The molecule has 0 saturated heterocycles. The third-order valence-electron chi connectivity index (χ3n) is 6.73. The number of Topliss-reactive ketones (excluding diaryl/α,β-unsaturated/α-hetero) is 1. The van der Waals surface area contributed by atoms with Crippen molar-refractivity contribution in [3.8, 4) is 0 Å². The van der Waals surface area contributed by atoms with Gasteiger partial charge >= 0.3 is 0 Å². The Morgan fingerprint density at radius 3 is 2.35 bits per heavy atom. The first-order chi connectivity index (χ1) is 16.3. The third kappa shape index (κ3) is 12.9. The zero-order chi connectivity index (χ0) is 25.3. The predicted octanol–water partition coefficient (Wildman–Crippen LogP) is 3.64. The first-order valence-corrected chi connectivity index (χ1v) is 12.8. The van der Waals surface area contributed by atoms with Gasteiger partial charge in [0.2, 0.25) is 5.91 Å². The lowest BCUT2D eigenvalue weighted by Gasteiger charge is -2.22. The lowest BCUT2D eigenvalue weighted by molar-refractivity contribution is -0.492. The van der Waals surface area contributed by atoms with E-state index in [0.717, 1.165) is 19.3 Å². The molecule has 4 N–H and O–H groups in total. The molecule has 34 heavy (non-hydrogen) atoms. The number of aliphatic hydroxyl groups is 2. The van der Waals surface area contributed by atoms with Gasteiger partial charge < -0.3 is 15.1 Å². The molecule has 0 aromatic rings. The number of amides is 1. The Morgan fingerprint density at radius 2 is 1.65 bits per heavy atom. The molecule has 198 valence electrons. The van der Waals surface area contributed by atoms with E-state index < -0.39 is 12.2 Å². The summed E-state index contributed by atoms with van der Waals surface area (Å²) in [4.78, 5) is 30.2. The molecule has 1 aliphatic rings. The molecule has 0 spiro atoms. The second kappa shape index (κ2) is 18.0. The van der Waals surface area contributed by atoms with Crippen LogP contribution in [0, 0.1) is 11.8 Å². The van der Waals surface area contributed by atoms with Crippen molar-refractivity contribution in [1.82, 2.24) is 10.3 Å². The molecule has 1 rings (SSSR count). The summed E-state index contributed by atoms with van der Waals surface area (Å²) in [5, 5.41) is 37.3. The Kier molecular flexibility index (Phi) is 16.2. The number of nitrogens with zero attached hydrogens (tertiary/aromatic N) is 2. The molecule has 0 heterocycles. The van der Waals surface area contributed by atoms with Crippen molar-refractivity contribution in [2.24, 2.45) is 11.8 Å². The number of carbonyl (C=O) groups excluding carboxylic acids is 2. The van der Waals surface area contributed by atoms with Gasteiger partial charge in [0.15, 0.2) is 0 Å². The molecule has 0 aromatic heterocycles. The molecule has 4 atom stereocenters. The van der Waals surface area contributed by atoms with Crippen LogP contribution in [0.1, 0.15) is 90.4 Å². The van der Waals surface area contributed by atoms with Gasteiger partial charge in [-0.2, -0.15) is 0 Å². The molecule has 1 fully saturated rings. The number of likely N-dealkylation sites (N-methyl/N-ethyl adjacent to an activating group) is 1. The number of allylic oxidation sites excluding steroid dienone is 2. The van der Waals surface area contributed by atoms with E-state index in [2.05, 4.69) is 11.8 Å². The summed E-state index contributed by atoms with van der Waals surface area (Å²) in [6.07, 6.45) is 13.0. The first-order valence-electron chi connectivity index (χ1n) is 12.8. The largest absolute Gasteiger partial charge is 0.393 e. The molecule has 1 amide bonds. The van der Waals surface area contributed by atoms with Crippen molar-refractivity contribution in [2.75, 3.05) is 20.2 Å². The number of rotatable bonds is 19. The number of hydrogen-bond donors (Lipinski definition) is 4. The van der Waals surface area contributed by atoms with Crippen molar-refractivity contribution < 1.29 is 35.1 Å². The number of carbonyl (C=O) groups is 2. The van der Waals surface area contributed by atoms with Gasteiger partial charge in [-0.25, -0.2) is 4.84 Å². The fourth-order valence-electron chi connectivity index (χ4n) is 4.60. The third-order valence-corrected chi connectivity index (χ3v) is 6.73. The Hall–Kier alpha value is -1.36. The molecule has 9 heteroatoms. The van der Waals surface area contributed by atoms with Crippen LogP contribution in [-0.4, -0.2) is 75.0 Å². The van der Waals surface area contributed by atoms with Gasteiger partial charge in [-0.3, -0.25) is 20.0 Å². The molecule has 0 bridgehead atoms. The maximum atomic E-state index is 12.2. The van der Waals surface area contributed by atoms with Crippen molar-refractivity contribution in [2.45, 2.75) is 103 Å². The van der Waals surface area contributed by atoms with Crippen LogP contribution in [0.5, 0.6) is 0 Å². The van der Waals surface area contributed by atoms with E-state index in [9.17, 15) is 19.8 Å². The highest BCUT2D eigenvalue weighted by atomic mass is 17.1. The minimum atomic E-state index is -0.563. The molecular weight excluding hydrogens is 440 g/mol. The minimum Gasteiger partial charge on any atom is -0.393 e. The zero-order valence-corrected chi connectivity index (χ0v) is 21.0. The second-order valence-electron chi connectivity index (χ2n) is 9.44. The van der Waals surface area contributed by atoms with Crippen LogP contribution in [0.25, 0.3) is 0 Å². The van der Waals surface area contributed by atoms with Crippen LogP contribution in [-0.2, 0) is 14.4 Å². The smallest absolute Gasteiger partial charge is 0.222 e. The van der Waals surface area contributed by atoms with Crippen LogP contribution in [0.4, 0.5) is 0 Å². The predicted molar refractivity (Wildman–Crippen MR) is 128 cm³/mol. The molecule has 0 aromatic carbocycles. The highest BCUT2D eigenvalue weighted by molar-refractivity contribution is 5.78. The van der Waals surface area contributed by atoms with E-state index in [0.29, 0.717) is 44.9 Å². The average molecular weight is 487 g/mol. The zero-order valence-electron chi connectivity index (χ0n) is 21.0. The standard InChI is InChI=1S/C25H46N2O7/c1-3-4-5-6-9-12-20(28)15-16-22-21(23(29)19-24(22)30)13-10-7-8-11-14-25(31)26(2)17-18-34-27(32)33/h7,10,21-24,29-30,32-33H,3-6,8-9,11-19H2,1-2H3/b10-7-/t21-,22-,23+,24-/m1/s1. The van der Waals surface area contributed by atoms with E-state index in [1.165, 1.54) is 24.2 Å². The Labute approximate surface area is 204 Å². The van der Waals surface area contributed by atoms with Crippen molar-refractivity contribution >= 4 is 11.7 Å². The summed E-state index contributed by atoms with van der Waals surface area (Å²) in [7, 11) is 1.63. The van der Waals surface area contributed by atoms with Crippen molar-refractivity contribution in [3.05, 3.63) is 12.2 Å². The van der Waals surface area contributed by atoms with Crippen molar-refractivity contribution in [1.29, 1.82) is 0 Å². The number of hydrogen-bond acceptors (Lipinski definition) is 8. The van der Waals surface area contributed by atoms with Crippen LogP contribution in [0.15, 0.2) is 12.2 Å². The Morgan fingerprint density at radius 1 is 0.941 bits per heavy atom. The lowest BCUT2D eigenvalue weighted by Crippen LogP contribution is -2.31. The molecule has 1 aliphatic carbocycles. The molecule has 1 saturated carbocycles. The van der Waals surface area contributed by atoms with Gasteiger partial charge in [0, 0.05) is 32.9 Å². The summed E-state index contributed by atoms with van der Waals surface area (Å²) in [6.45, 7) is 2.40. The van der Waals surface area contributed by atoms with Crippen LogP contribution < -0.4 is 0 Å². The van der Waals surface area contributed by atoms with E-state index in [1.54, 1.807) is 7.05 Å². The lowest BCUT2D eigenvalue weighted by atomic mass is 9.86. The summed E-state index contributed by atoms with van der Waals surface area (Å²) in [5.41, 5.74) is 0. The average Bonchev–Trinajstić information content (AvgIpc) is 3.05. The summed E-state index contributed by atoms with van der Waals surface area (Å²) in [5.74, 6) is 0.0957. The normalized spacial score (nSPS) is 22.7. The van der Waals surface area contributed by atoms with Crippen LogP contribution in [0.3, 0.4) is 0 Å². The molecule has 0 unspecified atom stereocenters. The SMILES string of the molecule is CCCCCCCC(=O)CC[C@@H]1[C@@H](C/C=C\CCCC(=O)N(C)CCON(O)O)[C@@H](O)C[C@H]1O. The van der Waals surface area contributed by atoms with Gasteiger partial charge in [-0.05, 0) is 50.4 Å². The maximum absolute atomic E-state index is 12.2. The van der Waals surface area contributed by atoms with Gasteiger partial charge in [0.1, 0.15) is 5.78 Å². The summed E-state index contributed by atoms with van der Waals surface area (Å²) < 4.78 is 0. The van der Waals surface area contributed by atoms with Gasteiger partial charge in [-0.1, -0.05) is 44.8 Å². The molecule has 0 aliphatic heterocycles. The Bertz CT molecular complexity index is 600. The van der Waals surface area contributed by atoms with Gasteiger partial charge in [0.05, 0.1) is 24.2 Å². The number of unbranched alkanes of at least 4 members (excludes halogenated alkanes) is 5. The van der Waals surface area contributed by atoms with Crippen LogP contribution >= 0.6 is 0 Å². The summed E-state index contributed by atoms with van der Waals surface area (Å²) >= 11 is 0. The highest BCUT2D eigenvalue weighted by Crippen LogP contribution is 2.38. The molecular formula is C25H46N2O7. The van der Waals surface area contributed by atoms with Crippen LogP contribution in [0.2, 0.25) is 0 Å².